The highest BCUT2D eigenvalue weighted by atomic mass is 16.6. The molecule has 1 aliphatic carbocycles. The van der Waals surface area contributed by atoms with Gasteiger partial charge in [0.1, 0.15) is 6.10 Å². The van der Waals surface area contributed by atoms with Crippen molar-refractivity contribution in [1.29, 1.82) is 0 Å². The Hall–Kier alpha value is -2.63. The minimum absolute atomic E-state index is 0.118. The van der Waals surface area contributed by atoms with Crippen LogP contribution < -0.4 is 0 Å². The summed E-state index contributed by atoms with van der Waals surface area (Å²) in [7, 11) is 0. The van der Waals surface area contributed by atoms with Crippen LogP contribution in [0.15, 0.2) is 54.6 Å². The van der Waals surface area contributed by atoms with Crippen molar-refractivity contribution in [3.05, 3.63) is 71.4 Å². The van der Waals surface area contributed by atoms with Crippen LogP contribution in [-0.4, -0.2) is 40.2 Å². The largest absolute Gasteiger partial charge is 0.459 e. The van der Waals surface area contributed by atoms with Gasteiger partial charge in [-0.2, -0.15) is 0 Å². The molecule has 3 heterocycles. The number of cyclic esters (lactones) is 1. The molecule has 2 N–H and O–H groups in total. The summed E-state index contributed by atoms with van der Waals surface area (Å²) in [5.41, 5.74) is 4.41. The summed E-state index contributed by atoms with van der Waals surface area (Å²) in [5.74, 6) is -0.252. The number of nitrogens with zero attached hydrogens (tertiary/aromatic N) is 1. The standard InChI is InChI=1S/C26H28N2O3/c1-2-26-15-28(13-16-8-4-3-5-9-16)20-12-18(26)23(25(30)31-21(26)14-29)22-17-10-6-7-11-19(17)27-24(20)22/h3-11,18,20-21,23,27,29H,2,12-15H2,1H3/t18-,20+,21?,23-,26-/m1/s1. The van der Waals surface area contributed by atoms with E-state index in [0.29, 0.717) is 0 Å². The number of aliphatic hydroxyl groups excluding tert-OH is 1. The molecule has 160 valence electrons. The van der Waals surface area contributed by atoms with Gasteiger partial charge in [-0.15, -0.1) is 0 Å². The van der Waals surface area contributed by atoms with Gasteiger partial charge < -0.3 is 14.8 Å². The van der Waals surface area contributed by atoms with Gasteiger partial charge in [0.25, 0.3) is 0 Å². The number of ether oxygens (including phenoxy) is 1. The zero-order valence-electron chi connectivity index (χ0n) is 17.8. The van der Waals surface area contributed by atoms with Crippen LogP contribution in [0.5, 0.6) is 0 Å². The first kappa shape index (κ1) is 19.1. The summed E-state index contributed by atoms with van der Waals surface area (Å²) in [6.07, 6.45) is 1.34. The number of carbonyl (C=O) groups excluding carboxylic acids is 1. The van der Waals surface area contributed by atoms with E-state index in [1.54, 1.807) is 0 Å². The number of rotatable bonds is 4. The maximum absolute atomic E-state index is 13.2. The highest BCUT2D eigenvalue weighted by molar-refractivity contribution is 5.92. The van der Waals surface area contributed by atoms with Crippen molar-refractivity contribution >= 4 is 16.9 Å². The number of likely N-dealkylation sites (tertiary alicyclic amines) is 1. The second-order valence-electron chi connectivity index (χ2n) is 9.42. The first-order valence-corrected chi connectivity index (χ1v) is 11.4. The van der Waals surface area contributed by atoms with E-state index >= 15 is 0 Å². The van der Waals surface area contributed by atoms with Gasteiger partial charge in [-0.05, 0) is 36.0 Å². The number of para-hydroxylation sites is 1. The van der Waals surface area contributed by atoms with E-state index in [2.05, 4.69) is 53.2 Å². The van der Waals surface area contributed by atoms with Gasteiger partial charge in [-0.3, -0.25) is 9.69 Å². The molecular formula is C26H28N2O3. The van der Waals surface area contributed by atoms with Gasteiger partial charge in [0.2, 0.25) is 0 Å². The third kappa shape index (κ3) is 2.60. The van der Waals surface area contributed by atoms with E-state index in [9.17, 15) is 9.90 Å². The Labute approximate surface area is 182 Å². The lowest BCUT2D eigenvalue weighted by Gasteiger charge is -2.60. The fourth-order valence-corrected chi connectivity index (χ4v) is 6.74. The zero-order chi connectivity index (χ0) is 21.2. The van der Waals surface area contributed by atoms with E-state index in [1.165, 1.54) is 11.3 Å². The summed E-state index contributed by atoms with van der Waals surface area (Å²) in [6.45, 7) is 3.72. The Bertz CT molecular complexity index is 1140. The molecule has 2 aromatic carbocycles. The fraction of sp³-hybridized carbons (Fsp3) is 0.423. The molecule has 0 saturated carbocycles. The molecule has 5 heteroatoms. The second-order valence-corrected chi connectivity index (χ2v) is 9.42. The molecule has 0 amide bonds. The predicted molar refractivity (Wildman–Crippen MR) is 118 cm³/mol. The highest BCUT2D eigenvalue weighted by Gasteiger charge is 2.62. The van der Waals surface area contributed by atoms with Crippen LogP contribution in [-0.2, 0) is 16.1 Å². The molecular weight excluding hydrogens is 388 g/mol. The molecule has 1 unspecified atom stereocenters. The molecule has 1 aromatic heterocycles. The van der Waals surface area contributed by atoms with E-state index in [4.69, 9.17) is 4.74 Å². The maximum atomic E-state index is 13.2. The topological polar surface area (TPSA) is 65.6 Å². The lowest BCUT2D eigenvalue weighted by atomic mass is 9.54. The van der Waals surface area contributed by atoms with Gasteiger partial charge in [-0.25, -0.2) is 0 Å². The Morgan fingerprint density at radius 1 is 1.16 bits per heavy atom. The number of H-pyrrole nitrogens is 1. The lowest BCUT2D eigenvalue weighted by molar-refractivity contribution is -0.204. The monoisotopic (exact) mass is 416 g/mol. The Morgan fingerprint density at radius 2 is 1.94 bits per heavy atom. The zero-order valence-corrected chi connectivity index (χ0v) is 17.8. The van der Waals surface area contributed by atoms with Gasteiger partial charge in [-0.1, -0.05) is 55.5 Å². The van der Waals surface area contributed by atoms with Crippen LogP contribution >= 0.6 is 0 Å². The normalized spacial score (nSPS) is 32.0. The van der Waals surface area contributed by atoms with Crippen molar-refractivity contribution in [3.8, 4) is 0 Å². The number of carbonyl (C=O) groups is 1. The van der Waals surface area contributed by atoms with Gasteiger partial charge >= 0.3 is 5.97 Å². The van der Waals surface area contributed by atoms with Crippen LogP contribution in [0.2, 0.25) is 0 Å². The third-order valence-electron chi connectivity index (χ3n) is 8.18. The van der Waals surface area contributed by atoms with Crippen molar-refractivity contribution < 1.29 is 14.6 Å². The molecule has 2 fully saturated rings. The van der Waals surface area contributed by atoms with E-state index < -0.39 is 6.10 Å². The number of piperidine rings is 1. The fourth-order valence-electron chi connectivity index (χ4n) is 6.74. The molecule has 2 bridgehead atoms. The van der Waals surface area contributed by atoms with Crippen molar-refractivity contribution in [2.24, 2.45) is 11.3 Å². The molecule has 0 radical (unpaired) electrons. The molecule has 31 heavy (non-hydrogen) atoms. The summed E-state index contributed by atoms with van der Waals surface area (Å²) in [5, 5.41) is 11.3. The molecule has 3 aliphatic rings. The van der Waals surface area contributed by atoms with Crippen LogP contribution in [0.25, 0.3) is 10.9 Å². The van der Waals surface area contributed by atoms with Gasteiger partial charge in [0.05, 0.1) is 18.6 Å². The van der Waals surface area contributed by atoms with Crippen LogP contribution in [0, 0.1) is 11.3 Å². The van der Waals surface area contributed by atoms with E-state index in [-0.39, 0.29) is 35.9 Å². The number of aromatic amines is 1. The average molecular weight is 417 g/mol. The first-order chi connectivity index (χ1) is 15.2. The average Bonchev–Trinajstić information content (AvgIpc) is 3.19. The number of hydrogen-bond acceptors (Lipinski definition) is 4. The van der Waals surface area contributed by atoms with Crippen LogP contribution in [0.1, 0.15) is 48.5 Å². The van der Waals surface area contributed by atoms with Gasteiger partial charge in [0, 0.05) is 35.1 Å². The van der Waals surface area contributed by atoms with Gasteiger partial charge in [0.15, 0.2) is 0 Å². The SMILES string of the molecule is CC[C@@]12CN(Cc3ccccc3)[C@H]3C[C@@H]1[C@@H](C(=O)OC2CO)c1c3[nH]c2ccccc12. The summed E-state index contributed by atoms with van der Waals surface area (Å²) < 4.78 is 5.97. The molecule has 5 atom stereocenters. The molecule has 6 rings (SSSR count). The summed E-state index contributed by atoms with van der Waals surface area (Å²) >= 11 is 0. The molecule has 5 nitrogen and oxygen atoms in total. The maximum Gasteiger partial charge on any atom is 0.314 e. The number of aliphatic hydroxyl groups is 1. The quantitative estimate of drug-likeness (QED) is 0.628. The second kappa shape index (κ2) is 6.94. The van der Waals surface area contributed by atoms with Crippen molar-refractivity contribution in [2.45, 2.75) is 44.4 Å². The molecule has 0 spiro atoms. The van der Waals surface area contributed by atoms with E-state index in [0.717, 1.165) is 42.4 Å². The lowest BCUT2D eigenvalue weighted by Crippen LogP contribution is -2.64. The number of esters is 1. The van der Waals surface area contributed by atoms with Crippen LogP contribution in [0.3, 0.4) is 0 Å². The van der Waals surface area contributed by atoms with Crippen LogP contribution in [0.4, 0.5) is 0 Å². The smallest absolute Gasteiger partial charge is 0.314 e. The Balaban J connectivity index is 1.56. The first-order valence-electron chi connectivity index (χ1n) is 11.4. The summed E-state index contributed by atoms with van der Waals surface area (Å²) in [4.78, 5) is 19.5. The van der Waals surface area contributed by atoms with Crippen molar-refractivity contribution in [3.63, 3.8) is 0 Å². The minimum Gasteiger partial charge on any atom is -0.459 e. The molecule has 2 saturated heterocycles. The Morgan fingerprint density at radius 3 is 2.71 bits per heavy atom. The van der Waals surface area contributed by atoms with Crippen molar-refractivity contribution in [2.75, 3.05) is 13.2 Å². The number of benzene rings is 2. The Kier molecular flexibility index (Phi) is 4.27. The number of aromatic nitrogens is 1. The number of hydrogen-bond donors (Lipinski definition) is 2. The van der Waals surface area contributed by atoms with E-state index in [1.807, 2.05) is 18.2 Å². The number of nitrogens with one attached hydrogen (secondary N) is 1. The van der Waals surface area contributed by atoms with Crippen molar-refractivity contribution in [1.82, 2.24) is 9.88 Å². The highest BCUT2D eigenvalue weighted by Crippen LogP contribution is 2.61. The molecule has 3 aromatic rings. The minimum atomic E-state index is -0.447. The predicted octanol–water partition coefficient (Wildman–Crippen LogP) is 4.14. The third-order valence-corrected chi connectivity index (χ3v) is 8.18. The molecule has 2 aliphatic heterocycles. The summed E-state index contributed by atoms with van der Waals surface area (Å²) in [6, 6.07) is 19.1. The number of fused-ring (bicyclic) bond motifs is 6.